The average molecular weight is 323 g/mol. The van der Waals surface area contributed by atoms with Gasteiger partial charge in [0, 0.05) is 6.54 Å². The highest BCUT2D eigenvalue weighted by Crippen LogP contribution is 2.33. The predicted octanol–water partition coefficient (Wildman–Crippen LogP) is 4.08. The van der Waals surface area contributed by atoms with Crippen molar-refractivity contribution >= 4 is 23.2 Å². The van der Waals surface area contributed by atoms with Crippen LogP contribution in [0.15, 0.2) is 18.2 Å². The molecule has 1 amide bonds. The molecule has 0 heterocycles. The Hall–Kier alpha value is -1.43. The van der Waals surface area contributed by atoms with Gasteiger partial charge in [-0.1, -0.05) is 24.9 Å². The summed E-state index contributed by atoms with van der Waals surface area (Å²) in [6.45, 7) is 4.20. The van der Waals surface area contributed by atoms with E-state index in [0.717, 1.165) is 25.0 Å². The van der Waals surface area contributed by atoms with Gasteiger partial charge in [-0.3, -0.25) is 4.79 Å². The van der Waals surface area contributed by atoms with Gasteiger partial charge in [0.2, 0.25) is 5.91 Å². The van der Waals surface area contributed by atoms with E-state index in [4.69, 9.17) is 11.6 Å². The van der Waals surface area contributed by atoms with Crippen molar-refractivity contribution in [2.75, 3.05) is 11.9 Å². The van der Waals surface area contributed by atoms with Gasteiger partial charge in [-0.25, -0.2) is 0 Å². The number of hydrogen-bond acceptors (Lipinski definition) is 2. The second kappa shape index (κ2) is 7.54. The molecule has 118 valence electrons. The van der Waals surface area contributed by atoms with Gasteiger partial charge in [-0.2, -0.15) is 13.2 Å². The first kappa shape index (κ1) is 17.6. The third kappa shape index (κ3) is 5.46. The molecule has 1 unspecified atom stereocenters. The molecule has 0 saturated carbocycles. The van der Waals surface area contributed by atoms with Gasteiger partial charge in [-0.15, -0.1) is 0 Å². The Kier molecular flexibility index (Phi) is 6.33. The van der Waals surface area contributed by atoms with Gasteiger partial charge >= 0.3 is 6.18 Å². The SMILES string of the molecule is CCCCNC(=O)C(C)Nc1ccc(C(F)(F)F)cc1Cl. The monoisotopic (exact) mass is 322 g/mol. The number of unbranched alkanes of at least 4 members (excludes halogenated alkanes) is 1. The maximum absolute atomic E-state index is 12.5. The van der Waals surface area contributed by atoms with Crippen molar-refractivity contribution in [3.8, 4) is 0 Å². The summed E-state index contributed by atoms with van der Waals surface area (Å²) in [4.78, 5) is 11.8. The fraction of sp³-hybridized carbons (Fsp3) is 0.500. The Morgan fingerprint density at radius 3 is 2.57 bits per heavy atom. The van der Waals surface area contributed by atoms with Crippen molar-refractivity contribution in [3.05, 3.63) is 28.8 Å². The van der Waals surface area contributed by atoms with Crippen LogP contribution in [-0.2, 0) is 11.0 Å². The summed E-state index contributed by atoms with van der Waals surface area (Å²) in [6.07, 6.45) is -2.60. The topological polar surface area (TPSA) is 41.1 Å². The van der Waals surface area contributed by atoms with Crippen LogP contribution in [0, 0.1) is 0 Å². The van der Waals surface area contributed by atoms with E-state index in [1.54, 1.807) is 6.92 Å². The molecule has 1 aromatic rings. The summed E-state index contributed by atoms with van der Waals surface area (Å²) in [5.41, 5.74) is -0.527. The minimum atomic E-state index is -4.44. The fourth-order valence-corrected chi connectivity index (χ4v) is 1.88. The Morgan fingerprint density at radius 2 is 2.05 bits per heavy atom. The van der Waals surface area contributed by atoms with Crippen LogP contribution in [0.4, 0.5) is 18.9 Å². The van der Waals surface area contributed by atoms with E-state index in [2.05, 4.69) is 10.6 Å². The van der Waals surface area contributed by atoms with Crippen molar-refractivity contribution in [1.29, 1.82) is 0 Å². The quantitative estimate of drug-likeness (QED) is 0.775. The van der Waals surface area contributed by atoms with E-state index < -0.39 is 17.8 Å². The van der Waals surface area contributed by atoms with E-state index in [9.17, 15) is 18.0 Å². The van der Waals surface area contributed by atoms with Crippen LogP contribution in [0.25, 0.3) is 0 Å². The molecule has 0 spiro atoms. The highest BCUT2D eigenvalue weighted by Gasteiger charge is 2.31. The second-order valence-electron chi connectivity index (χ2n) is 4.70. The highest BCUT2D eigenvalue weighted by molar-refractivity contribution is 6.33. The zero-order valence-corrected chi connectivity index (χ0v) is 12.6. The molecule has 0 radical (unpaired) electrons. The average Bonchev–Trinajstić information content (AvgIpc) is 2.39. The summed E-state index contributed by atoms with van der Waals surface area (Å²) in [5, 5.41) is 5.47. The zero-order valence-electron chi connectivity index (χ0n) is 11.9. The molecule has 1 aromatic carbocycles. The molecule has 1 atom stereocenters. The van der Waals surface area contributed by atoms with Gasteiger partial charge in [0.25, 0.3) is 0 Å². The molecule has 1 rings (SSSR count). The van der Waals surface area contributed by atoms with Crippen LogP contribution in [0.1, 0.15) is 32.3 Å². The zero-order chi connectivity index (χ0) is 16.0. The van der Waals surface area contributed by atoms with E-state index in [1.807, 2.05) is 6.92 Å². The number of rotatable bonds is 6. The molecule has 0 saturated heterocycles. The van der Waals surface area contributed by atoms with Gasteiger partial charge in [0.15, 0.2) is 0 Å². The van der Waals surface area contributed by atoms with Gasteiger partial charge in [0.05, 0.1) is 16.3 Å². The predicted molar refractivity (Wildman–Crippen MR) is 77.5 cm³/mol. The first-order valence-electron chi connectivity index (χ1n) is 6.66. The normalized spacial score (nSPS) is 12.9. The minimum Gasteiger partial charge on any atom is -0.373 e. The Labute approximate surface area is 126 Å². The third-order valence-electron chi connectivity index (χ3n) is 2.89. The Balaban J connectivity index is 2.68. The summed E-state index contributed by atoms with van der Waals surface area (Å²) in [7, 11) is 0. The number of hydrogen-bond donors (Lipinski definition) is 2. The van der Waals surface area contributed by atoms with Crippen LogP contribution in [0.5, 0.6) is 0 Å². The largest absolute Gasteiger partial charge is 0.416 e. The number of halogens is 4. The van der Waals surface area contributed by atoms with Crippen molar-refractivity contribution in [2.45, 2.75) is 38.9 Å². The number of alkyl halides is 3. The molecule has 0 aromatic heterocycles. The molecule has 2 N–H and O–H groups in total. The van der Waals surface area contributed by atoms with Crippen LogP contribution < -0.4 is 10.6 Å². The number of nitrogens with one attached hydrogen (secondary N) is 2. The standard InChI is InChI=1S/C14H18ClF3N2O/c1-3-4-7-19-13(21)9(2)20-12-6-5-10(8-11(12)15)14(16,17)18/h5-6,8-9,20H,3-4,7H2,1-2H3,(H,19,21). The molecule has 21 heavy (non-hydrogen) atoms. The number of carbonyl (C=O) groups excluding carboxylic acids is 1. The molecular weight excluding hydrogens is 305 g/mol. The molecule has 3 nitrogen and oxygen atoms in total. The van der Waals surface area contributed by atoms with Crippen molar-refractivity contribution in [1.82, 2.24) is 5.32 Å². The number of benzene rings is 1. The number of anilines is 1. The molecule has 0 fully saturated rings. The van der Waals surface area contributed by atoms with E-state index in [-0.39, 0.29) is 10.9 Å². The first-order chi connectivity index (χ1) is 9.75. The van der Waals surface area contributed by atoms with E-state index >= 15 is 0 Å². The van der Waals surface area contributed by atoms with Crippen LogP contribution in [0.3, 0.4) is 0 Å². The van der Waals surface area contributed by atoms with Crippen molar-refractivity contribution < 1.29 is 18.0 Å². The van der Waals surface area contributed by atoms with Crippen LogP contribution in [-0.4, -0.2) is 18.5 Å². The number of carbonyl (C=O) groups is 1. The molecule has 0 bridgehead atoms. The lowest BCUT2D eigenvalue weighted by molar-refractivity contribution is -0.137. The molecule has 0 aliphatic carbocycles. The summed E-state index contributed by atoms with van der Waals surface area (Å²) < 4.78 is 37.6. The second-order valence-corrected chi connectivity index (χ2v) is 5.11. The van der Waals surface area contributed by atoms with E-state index in [1.165, 1.54) is 6.07 Å². The number of amides is 1. The maximum atomic E-state index is 12.5. The molecular formula is C14H18ClF3N2O. The van der Waals surface area contributed by atoms with Crippen molar-refractivity contribution in [2.24, 2.45) is 0 Å². The summed E-state index contributed by atoms with van der Waals surface area (Å²) in [6, 6.07) is 2.40. The van der Waals surface area contributed by atoms with Crippen LogP contribution >= 0.6 is 11.6 Å². The summed E-state index contributed by atoms with van der Waals surface area (Å²) >= 11 is 5.82. The lowest BCUT2D eigenvalue weighted by atomic mass is 10.2. The molecule has 7 heteroatoms. The lowest BCUT2D eigenvalue weighted by Crippen LogP contribution is -2.38. The van der Waals surface area contributed by atoms with Gasteiger partial charge in [-0.05, 0) is 31.5 Å². The van der Waals surface area contributed by atoms with Crippen molar-refractivity contribution in [3.63, 3.8) is 0 Å². The van der Waals surface area contributed by atoms with Gasteiger partial charge < -0.3 is 10.6 Å². The molecule has 0 aliphatic rings. The Bertz CT molecular complexity index is 492. The maximum Gasteiger partial charge on any atom is 0.416 e. The Morgan fingerprint density at radius 1 is 1.38 bits per heavy atom. The van der Waals surface area contributed by atoms with Crippen LogP contribution in [0.2, 0.25) is 5.02 Å². The first-order valence-corrected chi connectivity index (χ1v) is 7.04. The smallest absolute Gasteiger partial charge is 0.373 e. The fourth-order valence-electron chi connectivity index (χ4n) is 1.65. The molecule has 0 aliphatic heterocycles. The lowest BCUT2D eigenvalue weighted by Gasteiger charge is -2.17. The summed E-state index contributed by atoms with van der Waals surface area (Å²) in [5.74, 6) is -0.223. The minimum absolute atomic E-state index is 0.0713. The van der Waals surface area contributed by atoms with Gasteiger partial charge in [0.1, 0.15) is 6.04 Å². The van der Waals surface area contributed by atoms with E-state index in [0.29, 0.717) is 12.2 Å². The third-order valence-corrected chi connectivity index (χ3v) is 3.20. The highest BCUT2D eigenvalue weighted by atomic mass is 35.5.